The Morgan fingerprint density at radius 2 is 1.66 bits per heavy atom. The van der Waals surface area contributed by atoms with E-state index in [1.54, 1.807) is 36.4 Å². The predicted molar refractivity (Wildman–Crippen MR) is 147 cm³/mol. The number of benzene rings is 3. The molecule has 0 spiro atoms. The van der Waals surface area contributed by atoms with Crippen LogP contribution < -0.4 is 10.3 Å². The number of hydrogen-bond acceptors (Lipinski definition) is 8. The van der Waals surface area contributed by atoms with Gasteiger partial charge < -0.3 is 19.4 Å². The molecule has 0 radical (unpaired) electrons. The number of aromatic nitrogens is 3. The van der Waals surface area contributed by atoms with Gasteiger partial charge in [-0.15, -0.1) is 5.10 Å². The third kappa shape index (κ3) is 5.55. The van der Waals surface area contributed by atoms with Crippen LogP contribution in [0.2, 0.25) is 0 Å². The van der Waals surface area contributed by atoms with Gasteiger partial charge in [-0.1, -0.05) is 47.7 Å². The highest BCUT2D eigenvalue weighted by Gasteiger charge is 2.48. The van der Waals surface area contributed by atoms with E-state index in [9.17, 15) is 29.4 Å². The van der Waals surface area contributed by atoms with Gasteiger partial charge in [0.1, 0.15) is 23.1 Å². The van der Waals surface area contributed by atoms with Crippen molar-refractivity contribution in [2.75, 3.05) is 6.61 Å². The highest BCUT2D eigenvalue weighted by molar-refractivity contribution is 6.11. The fraction of sp³-hybridized carbons (Fsp3) is 0.200. The van der Waals surface area contributed by atoms with Crippen LogP contribution in [0.25, 0.3) is 21.9 Å². The molecule has 208 valence electrons. The summed E-state index contributed by atoms with van der Waals surface area (Å²) < 4.78 is 12.2. The van der Waals surface area contributed by atoms with Crippen LogP contribution in [0, 0.1) is 5.41 Å². The minimum Gasteiger partial charge on any atom is -0.493 e. The fourth-order valence-electron chi connectivity index (χ4n) is 4.63. The Kier molecular flexibility index (Phi) is 7.59. The first-order chi connectivity index (χ1) is 19.8. The van der Waals surface area contributed by atoms with Gasteiger partial charge in [-0.25, -0.2) is 4.68 Å². The van der Waals surface area contributed by atoms with E-state index in [-0.39, 0.29) is 17.5 Å². The number of Topliss-reactive ketones (excluding diaryl/α,β-unsaturated/α-hetero) is 1. The SMILES string of the molecule is O=C(CC(CCn1nnc2ccccc2c1=O)(C(=O)O)C(=O)O)c1coc2cc(OCCc3ccccc3)ccc12. The van der Waals surface area contributed by atoms with Gasteiger partial charge in [-0.3, -0.25) is 19.2 Å². The Bertz CT molecular complexity index is 1800. The Morgan fingerprint density at radius 1 is 0.927 bits per heavy atom. The first kappa shape index (κ1) is 27.3. The molecule has 0 bridgehead atoms. The van der Waals surface area contributed by atoms with Crippen LogP contribution in [-0.4, -0.2) is 49.5 Å². The van der Waals surface area contributed by atoms with Crippen molar-refractivity contribution in [2.24, 2.45) is 5.41 Å². The Balaban J connectivity index is 1.33. The molecule has 0 atom stereocenters. The molecule has 0 amide bonds. The zero-order valence-electron chi connectivity index (χ0n) is 21.7. The molecule has 5 rings (SSSR count). The van der Waals surface area contributed by atoms with Crippen LogP contribution in [0.3, 0.4) is 0 Å². The average molecular weight is 556 g/mol. The zero-order valence-corrected chi connectivity index (χ0v) is 21.7. The van der Waals surface area contributed by atoms with Crippen LogP contribution in [-0.2, 0) is 22.6 Å². The largest absolute Gasteiger partial charge is 0.493 e. The smallest absolute Gasteiger partial charge is 0.321 e. The number of carboxylic acids is 2. The van der Waals surface area contributed by atoms with Crippen molar-refractivity contribution in [1.29, 1.82) is 0 Å². The number of carbonyl (C=O) groups excluding carboxylic acids is 1. The predicted octanol–water partition coefficient (Wildman–Crippen LogP) is 3.98. The lowest BCUT2D eigenvalue weighted by Crippen LogP contribution is -2.43. The van der Waals surface area contributed by atoms with Crippen molar-refractivity contribution in [3.05, 3.63) is 101 Å². The van der Waals surface area contributed by atoms with Crippen molar-refractivity contribution < 1.29 is 33.8 Å². The molecular formula is C30H25N3O8. The van der Waals surface area contributed by atoms with E-state index >= 15 is 0 Å². The van der Waals surface area contributed by atoms with Gasteiger partial charge in [0.2, 0.25) is 0 Å². The summed E-state index contributed by atoms with van der Waals surface area (Å²) in [5.74, 6) is -3.62. The molecule has 0 saturated heterocycles. The molecule has 3 aromatic carbocycles. The third-order valence-electron chi connectivity index (χ3n) is 7.01. The zero-order chi connectivity index (χ0) is 29.0. The normalized spacial score (nSPS) is 11.5. The number of fused-ring (bicyclic) bond motifs is 2. The number of ether oxygens (including phenoxy) is 1. The Hall–Kier alpha value is -5.32. The number of aryl methyl sites for hydroxylation is 1. The highest BCUT2D eigenvalue weighted by Crippen LogP contribution is 2.33. The lowest BCUT2D eigenvalue weighted by Gasteiger charge is -2.24. The van der Waals surface area contributed by atoms with E-state index in [1.807, 2.05) is 30.3 Å². The molecule has 0 unspecified atom stereocenters. The molecule has 0 aliphatic carbocycles. The molecule has 0 aliphatic heterocycles. The van der Waals surface area contributed by atoms with Crippen LogP contribution in [0.15, 0.2) is 88.3 Å². The summed E-state index contributed by atoms with van der Waals surface area (Å²) in [5.41, 5.74) is -1.21. The number of carboxylic acid groups (broad SMARTS) is 2. The van der Waals surface area contributed by atoms with Crippen LogP contribution in [0.4, 0.5) is 0 Å². The second-order valence-corrected chi connectivity index (χ2v) is 9.57. The summed E-state index contributed by atoms with van der Waals surface area (Å²) in [6.07, 6.45) is 0.432. The van der Waals surface area contributed by atoms with Gasteiger partial charge in [0.25, 0.3) is 5.56 Å². The summed E-state index contributed by atoms with van der Waals surface area (Å²) in [6.45, 7) is 0.0464. The maximum Gasteiger partial charge on any atom is 0.321 e. The molecule has 2 aromatic heterocycles. The molecule has 11 heteroatoms. The minimum absolute atomic E-state index is 0.0466. The van der Waals surface area contributed by atoms with Crippen molar-refractivity contribution in [3.63, 3.8) is 0 Å². The molecule has 0 fully saturated rings. The molecule has 0 aliphatic rings. The molecule has 5 aromatic rings. The van der Waals surface area contributed by atoms with Gasteiger partial charge in [0.15, 0.2) is 11.2 Å². The minimum atomic E-state index is -2.52. The van der Waals surface area contributed by atoms with E-state index in [2.05, 4.69) is 10.3 Å². The molecular weight excluding hydrogens is 530 g/mol. The summed E-state index contributed by atoms with van der Waals surface area (Å²) in [5, 5.41) is 28.3. The number of ketones is 1. The maximum atomic E-state index is 13.3. The second-order valence-electron chi connectivity index (χ2n) is 9.57. The average Bonchev–Trinajstić information content (AvgIpc) is 3.40. The first-order valence-electron chi connectivity index (χ1n) is 12.8. The summed E-state index contributed by atoms with van der Waals surface area (Å²) in [6, 6.07) is 21.2. The summed E-state index contributed by atoms with van der Waals surface area (Å²) in [7, 11) is 0. The van der Waals surface area contributed by atoms with Crippen molar-refractivity contribution in [2.45, 2.75) is 25.8 Å². The van der Waals surface area contributed by atoms with Gasteiger partial charge in [0, 0.05) is 30.8 Å². The number of nitrogens with zero attached hydrogens (tertiary/aromatic N) is 3. The lowest BCUT2D eigenvalue weighted by molar-refractivity contribution is -0.165. The van der Waals surface area contributed by atoms with E-state index in [1.165, 1.54) is 12.3 Å². The van der Waals surface area contributed by atoms with Gasteiger partial charge in [0.05, 0.1) is 17.6 Å². The van der Waals surface area contributed by atoms with Gasteiger partial charge in [-0.05, 0) is 36.2 Å². The fourth-order valence-corrected chi connectivity index (χ4v) is 4.63. The standard InChI is InChI=1S/C30H25N3O8/c34-25(23-18-41-26-16-20(10-11-21(23)26)40-15-12-19-6-2-1-3-7-19)17-30(28(36)37,29(38)39)13-14-33-27(35)22-8-4-5-9-24(22)31-32-33/h1-11,16,18H,12-15,17H2,(H,36,37)(H,38,39). The number of aliphatic carboxylic acids is 2. The third-order valence-corrected chi connectivity index (χ3v) is 7.01. The van der Waals surface area contributed by atoms with E-state index in [0.29, 0.717) is 35.3 Å². The quantitative estimate of drug-likeness (QED) is 0.170. The summed E-state index contributed by atoms with van der Waals surface area (Å²) >= 11 is 0. The molecule has 11 nitrogen and oxygen atoms in total. The molecule has 41 heavy (non-hydrogen) atoms. The van der Waals surface area contributed by atoms with Crippen LogP contribution in [0.1, 0.15) is 28.8 Å². The van der Waals surface area contributed by atoms with Gasteiger partial charge in [-0.2, -0.15) is 0 Å². The van der Waals surface area contributed by atoms with E-state index in [0.717, 1.165) is 10.2 Å². The van der Waals surface area contributed by atoms with Crippen molar-refractivity contribution >= 4 is 39.6 Å². The number of rotatable bonds is 12. The van der Waals surface area contributed by atoms with Crippen molar-refractivity contribution in [3.8, 4) is 5.75 Å². The number of furan rings is 1. The maximum absolute atomic E-state index is 13.3. The topological polar surface area (TPSA) is 162 Å². The molecule has 0 saturated carbocycles. The van der Waals surface area contributed by atoms with Gasteiger partial charge >= 0.3 is 11.9 Å². The number of carbonyl (C=O) groups is 3. The summed E-state index contributed by atoms with van der Waals surface area (Å²) in [4.78, 5) is 50.7. The van der Waals surface area contributed by atoms with Crippen molar-refractivity contribution in [1.82, 2.24) is 15.0 Å². The highest BCUT2D eigenvalue weighted by atomic mass is 16.5. The monoisotopic (exact) mass is 555 g/mol. The second kappa shape index (κ2) is 11.4. The first-order valence-corrected chi connectivity index (χ1v) is 12.8. The molecule has 2 N–H and O–H groups in total. The Labute approximate surface area is 232 Å². The van der Waals surface area contributed by atoms with E-state index in [4.69, 9.17) is 9.15 Å². The lowest BCUT2D eigenvalue weighted by atomic mass is 9.78. The van der Waals surface area contributed by atoms with Crippen LogP contribution in [0.5, 0.6) is 5.75 Å². The number of hydrogen-bond donors (Lipinski definition) is 2. The van der Waals surface area contributed by atoms with E-state index < -0.39 is 41.5 Å². The molecule has 2 heterocycles. The Morgan fingerprint density at radius 3 is 2.41 bits per heavy atom. The van der Waals surface area contributed by atoms with Crippen LogP contribution >= 0.6 is 0 Å².